The molecule has 28 heavy (non-hydrogen) atoms. The van der Waals surface area contributed by atoms with Crippen LogP contribution >= 0.6 is 0 Å². The van der Waals surface area contributed by atoms with Gasteiger partial charge in [0.2, 0.25) is 0 Å². The van der Waals surface area contributed by atoms with Crippen LogP contribution in [0.1, 0.15) is 25.1 Å². The molecule has 144 valence electrons. The number of fused-ring (bicyclic) bond motifs is 1. The monoisotopic (exact) mass is 379 g/mol. The van der Waals surface area contributed by atoms with Gasteiger partial charge in [0, 0.05) is 25.3 Å². The fourth-order valence-corrected chi connectivity index (χ4v) is 4.34. The molecule has 2 heterocycles. The summed E-state index contributed by atoms with van der Waals surface area (Å²) in [5.41, 5.74) is 7.87. The number of benzene rings is 2. The summed E-state index contributed by atoms with van der Waals surface area (Å²) in [7, 11) is 0. The van der Waals surface area contributed by atoms with E-state index in [1.165, 1.54) is 6.07 Å². The molecule has 1 unspecified atom stereocenters. The Bertz CT molecular complexity index is 1010. The Labute approximate surface area is 162 Å². The molecule has 1 saturated heterocycles. The Morgan fingerprint density at radius 2 is 1.93 bits per heavy atom. The van der Waals surface area contributed by atoms with Gasteiger partial charge in [-0.15, -0.1) is 0 Å². The van der Waals surface area contributed by atoms with E-state index in [0.717, 1.165) is 16.9 Å². The van der Waals surface area contributed by atoms with Gasteiger partial charge in [0.15, 0.2) is 17.5 Å². The van der Waals surface area contributed by atoms with E-state index in [1.54, 1.807) is 18.2 Å². The second-order valence-electron chi connectivity index (χ2n) is 7.24. The molecule has 1 aliphatic rings. The number of amides is 2. The molecule has 1 aromatic heterocycles. The average Bonchev–Trinajstić information content (AvgIpc) is 3.31. The Hall–Kier alpha value is -3.19. The maximum absolute atomic E-state index is 13.4. The van der Waals surface area contributed by atoms with Gasteiger partial charge in [0.1, 0.15) is 5.82 Å². The number of phenols is 1. The van der Waals surface area contributed by atoms with Crippen LogP contribution in [0.3, 0.4) is 0 Å². The molecule has 0 aliphatic carbocycles. The van der Waals surface area contributed by atoms with Crippen LogP contribution < -0.4 is 10.2 Å². The number of aromatic amines is 1. The van der Waals surface area contributed by atoms with Gasteiger partial charge in [-0.1, -0.05) is 24.3 Å². The predicted octanol–water partition coefficient (Wildman–Crippen LogP) is 2.38. The zero-order valence-corrected chi connectivity index (χ0v) is 15.5. The van der Waals surface area contributed by atoms with Crippen LogP contribution in [0, 0.1) is 0 Å². The van der Waals surface area contributed by atoms with Gasteiger partial charge in [-0.3, -0.25) is 4.79 Å². The van der Waals surface area contributed by atoms with Gasteiger partial charge in [-0.25, -0.2) is 14.3 Å². The molecule has 0 bridgehead atoms. The van der Waals surface area contributed by atoms with E-state index in [0.29, 0.717) is 31.5 Å². The summed E-state index contributed by atoms with van der Waals surface area (Å²) < 4.78 is -0.220. The number of phenolic OH excluding ortho intramolecular Hbond substituents is 1. The molecule has 0 spiro atoms. The lowest BCUT2D eigenvalue weighted by Crippen LogP contribution is -2.61. The summed E-state index contributed by atoms with van der Waals surface area (Å²) in [6.45, 7) is 0.449. The van der Waals surface area contributed by atoms with Crippen LogP contribution in [0.25, 0.3) is 11.0 Å². The number of imidazole rings is 1. The van der Waals surface area contributed by atoms with Gasteiger partial charge in [0.05, 0.1) is 24.0 Å². The highest BCUT2D eigenvalue weighted by Crippen LogP contribution is 2.41. The number of carbonyl (C=O) groups is 2. The number of nitrogens with one attached hydrogen (secondary N) is 1. The Kier molecular flexibility index (Phi) is 4.60. The largest absolute Gasteiger partial charge is 0.503 e. The van der Waals surface area contributed by atoms with E-state index in [1.807, 2.05) is 24.3 Å². The van der Waals surface area contributed by atoms with Crippen molar-refractivity contribution < 1.29 is 14.7 Å². The van der Waals surface area contributed by atoms with E-state index in [4.69, 9.17) is 5.73 Å². The molecule has 4 rings (SSSR count). The Balaban J connectivity index is 1.65. The van der Waals surface area contributed by atoms with Gasteiger partial charge in [0.25, 0.3) is 5.91 Å². The van der Waals surface area contributed by atoms with Crippen molar-refractivity contribution in [3.05, 3.63) is 54.4 Å². The molecule has 2 amide bonds. The highest BCUT2D eigenvalue weighted by molar-refractivity contribution is 5.97. The van der Waals surface area contributed by atoms with Crippen molar-refractivity contribution in [2.24, 2.45) is 5.73 Å². The second-order valence-corrected chi connectivity index (χ2v) is 7.24. The summed E-state index contributed by atoms with van der Waals surface area (Å²) in [5.74, 6) is 0.0774. The lowest BCUT2D eigenvalue weighted by Gasteiger charge is -2.35. The number of para-hydroxylation sites is 4. The SMILES string of the molecule is NC(=O)[C@@H]1CCC[N+]1(C(=O)CCc1nc2ccccc2[nH]1)c1ccccc1O. The number of carbonyl (C=O) groups excluding carboxylic acids is 2. The van der Waals surface area contributed by atoms with E-state index in [-0.39, 0.29) is 22.6 Å². The number of quaternary nitrogens is 1. The van der Waals surface area contributed by atoms with E-state index < -0.39 is 11.9 Å². The van der Waals surface area contributed by atoms with Crippen LogP contribution in [-0.4, -0.2) is 39.5 Å². The van der Waals surface area contributed by atoms with E-state index in [2.05, 4.69) is 9.97 Å². The second kappa shape index (κ2) is 7.09. The first-order valence-corrected chi connectivity index (χ1v) is 9.45. The maximum atomic E-state index is 13.4. The van der Waals surface area contributed by atoms with Gasteiger partial charge >= 0.3 is 5.91 Å². The summed E-state index contributed by atoms with van der Waals surface area (Å²) in [5, 5.41) is 10.4. The van der Waals surface area contributed by atoms with Crippen LogP contribution in [0.2, 0.25) is 0 Å². The smallest absolute Gasteiger partial charge is 0.319 e. The van der Waals surface area contributed by atoms with E-state index >= 15 is 0 Å². The zero-order valence-electron chi connectivity index (χ0n) is 15.5. The number of primary amides is 1. The molecule has 0 saturated carbocycles. The fourth-order valence-electron chi connectivity index (χ4n) is 4.34. The normalized spacial score (nSPS) is 21.8. The first-order valence-electron chi connectivity index (χ1n) is 9.45. The molecular weight excluding hydrogens is 356 g/mol. The molecule has 2 aromatic carbocycles. The minimum atomic E-state index is -0.670. The molecule has 3 aromatic rings. The number of hydrogen-bond donors (Lipinski definition) is 3. The number of aryl methyl sites for hydroxylation is 1. The first kappa shape index (κ1) is 18.2. The summed E-state index contributed by atoms with van der Waals surface area (Å²) in [6.07, 6.45) is 1.84. The molecule has 1 fully saturated rings. The van der Waals surface area contributed by atoms with Crippen molar-refractivity contribution in [1.29, 1.82) is 0 Å². The number of nitrogens with two attached hydrogens (primary N) is 1. The van der Waals surface area contributed by atoms with Crippen molar-refractivity contribution in [2.45, 2.75) is 31.7 Å². The molecule has 7 nitrogen and oxygen atoms in total. The number of rotatable bonds is 5. The van der Waals surface area contributed by atoms with E-state index in [9.17, 15) is 14.7 Å². The number of aromatic hydroxyl groups is 1. The Morgan fingerprint density at radius 1 is 1.18 bits per heavy atom. The number of H-pyrrole nitrogens is 1. The molecule has 7 heteroatoms. The van der Waals surface area contributed by atoms with Crippen LogP contribution in [0.4, 0.5) is 5.69 Å². The quantitative estimate of drug-likeness (QED) is 0.591. The number of likely N-dealkylation sites (tertiary alicyclic amines) is 1. The molecule has 1 aliphatic heterocycles. The van der Waals surface area contributed by atoms with Crippen molar-refractivity contribution in [3.8, 4) is 5.75 Å². The third-order valence-corrected chi connectivity index (χ3v) is 5.62. The minimum Gasteiger partial charge on any atom is -0.503 e. The number of hydrogen-bond acceptors (Lipinski definition) is 4. The van der Waals surface area contributed by atoms with Gasteiger partial charge < -0.3 is 15.8 Å². The summed E-state index contributed by atoms with van der Waals surface area (Å²) >= 11 is 0. The zero-order chi connectivity index (χ0) is 19.7. The van der Waals surface area contributed by atoms with Crippen molar-refractivity contribution >= 4 is 28.5 Å². The first-order chi connectivity index (χ1) is 13.5. The van der Waals surface area contributed by atoms with Crippen LogP contribution in [0.5, 0.6) is 5.75 Å². The standard InChI is InChI=1S/C21H22N4O3/c22-21(28)17-9-5-13-25(17,16-8-3-4-10-18(16)26)20(27)12-11-19-23-14-6-1-2-7-15(14)24-19/h1-4,6-8,10,17H,5,9,11-13H2,(H3-,22,23,24,26,28)/p+1/t17-,25?/m0/s1. The van der Waals surface area contributed by atoms with Crippen molar-refractivity contribution in [2.75, 3.05) is 6.54 Å². The van der Waals surface area contributed by atoms with Crippen LogP contribution in [-0.2, 0) is 16.0 Å². The fraction of sp³-hybridized carbons (Fsp3) is 0.286. The molecular formula is C21H23N4O3+. The summed E-state index contributed by atoms with van der Waals surface area (Å²) in [4.78, 5) is 33.3. The number of aromatic nitrogens is 2. The maximum Gasteiger partial charge on any atom is 0.319 e. The lowest BCUT2D eigenvalue weighted by atomic mass is 10.1. The lowest BCUT2D eigenvalue weighted by molar-refractivity contribution is -0.136. The average molecular weight is 379 g/mol. The third kappa shape index (κ3) is 2.93. The topological polar surface area (TPSA) is 109 Å². The molecule has 0 radical (unpaired) electrons. The van der Waals surface area contributed by atoms with Gasteiger partial charge in [-0.2, -0.15) is 0 Å². The predicted molar refractivity (Wildman–Crippen MR) is 106 cm³/mol. The van der Waals surface area contributed by atoms with Crippen molar-refractivity contribution in [3.63, 3.8) is 0 Å². The minimum absolute atomic E-state index is 0.00716. The van der Waals surface area contributed by atoms with Gasteiger partial charge in [-0.05, 0) is 18.2 Å². The summed E-state index contributed by atoms with van der Waals surface area (Å²) in [6, 6.07) is 13.7. The van der Waals surface area contributed by atoms with Crippen molar-refractivity contribution in [1.82, 2.24) is 14.5 Å². The molecule has 2 atom stereocenters. The van der Waals surface area contributed by atoms with Crippen LogP contribution in [0.15, 0.2) is 48.5 Å². The number of nitrogens with zero attached hydrogens (tertiary/aromatic N) is 2. The highest BCUT2D eigenvalue weighted by atomic mass is 16.3. The Morgan fingerprint density at radius 3 is 2.68 bits per heavy atom. The third-order valence-electron chi connectivity index (χ3n) is 5.62. The molecule has 4 N–H and O–H groups in total. The highest BCUT2D eigenvalue weighted by Gasteiger charge is 2.53.